The highest BCUT2D eigenvalue weighted by molar-refractivity contribution is 5.94. The maximum atomic E-state index is 14.6. The third kappa shape index (κ3) is 15.0. The lowest BCUT2D eigenvalue weighted by atomic mass is 9.96. The Hall–Kier alpha value is -6.23. The molecule has 0 unspecified atom stereocenters. The number of amides is 4. The van der Waals surface area contributed by atoms with Gasteiger partial charge in [0.15, 0.2) is 17.5 Å². The number of benzene rings is 3. The number of nitro groups is 1. The summed E-state index contributed by atoms with van der Waals surface area (Å²) in [6.45, 7) is 5.91. The molecule has 63 heavy (non-hydrogen) atoms. The molecule has 5 rings (SSSR count). The number of carboxylic acid groups (broad SMARTS) is 1. The van der Waals surface area contributed by atoms with Crippen LogP contribution in [0, 0.1) is 16.0 Å². The second-order valence-electron chi connectivity index (χ2n) is 16.4. The van der Waals surface area contributed by atoms with Gasteiger partial charge in [0.25, 0.3) is 0 Å². The average Bonchev–Trinajstić information content (AvgIpc) is 3.23. The van der Waals surface area contributed by atoms with Crippen LogP contribution in [0.15, 0.2) is 60.7 Å². The van der Waals surface area contributed by atoms with Crippen LogP contribution in [-0.4, -0.2) is 76.0 Å². The minimum atomic E-state index is -1.84. The van der Waals surface area contributed by atoms with E-state index < -0.39 is 76.2 Å². The zero-order valence-corrected chi connectivity index (χ0v) is 36.5. The zero-order chi connectivity index (χ0) is 46.1. The normalized spacial score (nSPS) is 17.5. The lowest BCUT2D eigenvalue weighted by Gasteiger charge is -2.30. The molecule has 3 aromatic rings. The van der Waals surface area contributed by atoms with Crippen LogP contribution in [0.25, 0.3) is 0 Å². The third-order valence-electron chi connectivity index (χ3n) is 10.8. The second-order valence-corrected chi connectivity index (χ2v) is 16.4. The molecule has 0 radical (unpaired) electrons. The highest BCUT2D eigenvalue weighted by Gasteiger charge is 2.37. The van der Waals surface area contributed by atoms with E-state index in [-0.39, 0.29) is 60.0 Å². The van der Waals surface area contributed by atoms with Gasteiger partial charge in [-0.3, -0.25) is 29.3 Å². The van der Waals surface area contributed by atoms with Crippen molar-refractivity contribution in [3.63, 3.8) is 0 Å². The van der Waals surface area contributed by atoms with Gasteiger partial charge in [0, 0.05) is 25.3 Å². The maximum absolute atomic E-state index is 14.6. The molecule has 0 spiro atoms. The van der Waals surface area contributed by atoms with E-state index in [1.807, 2.05) is 13.8 Å². The molecule has 2 heterocycles. The van der Waals surface area contributed by atoms with E-state index in [4.69, 9.17) is 15.2 Å². The molecule has 2 aliphatic rings. The van der Waals surface area contributed by atoms with Crippen molar-refractivity contribution in [2.24, 2.45) is 11.7 Å². The number of rotatable bonds is 21. The Balaban J connectivity index is 1.80. The number of phenolic OH excluding ortho intramolecular Hbond substituents is 1. The Kier molecular flexibility index (Phi) is 19.2. The van der Waals surface area contributed by atoms with Gasteiger partial charge >= 0.3 is 11.7 Å². The molecule has 5 atom stereocenters. The number of nitrogens with one attached hydrogen (secondary N) is 4. The molecule has 0 fully saturated rings. The molecule has 2 aliphatic heterocycles. The van der Waals surface area contributed by atoms with Crippen LogP contribution in [0.2, 0.25) is 0 Å². The number of aromatic hydroxyl groups is 1. The maximum Gasteiger partial charge on any atom is 0.328 e. The van der Waals surface area contributed by atoms with Gasteiger partial charge in [0.05, 0.1) is 24.1 Å². The summed E-state index contributed by atoms with van der Waals surface area (Å²) >= 11 is 0. The SMILES string of the molecule is CCCCCCCCCCCC(=O)N[C@H](C(=O)O)[C@@H]1NC(=O)[C@@H](Cc2ccccc2)NC(=O)[C@@H](NC(=O)[C@H](N)CC(C)C)Cc2ccc(c([N+](=O)[O-])c2)Oc2cc1cc(O)c2OC. The molecule has 342 valence electrons. The van der Waals surface area contributed by atoms with E-state index in [0.29, 0.717) is 12.0 Å². The van der Waals surface area contributed by atoms with Crippen molar-refractivity contribution in [2.45, 2.75) is 134 Å². The summed E-state index contributed by atoms with van der Waals surface area (Å²) < 4.78 is 11.4. The Bertz CT molecular complexity index is 2050. The topological polar surface area (TPSA) is 262 Å². The Labute approximate surface area is 368 Å². The highest BCUT2D eigenvalue weighted by atomic mass is 16.6. The molecular formula is C46H62N6O11. The molecular weight excluding hydrogens is 813 g/mol. The minimum absolute atomic E-state index is 0.00277. The van der Waals surface area contributed by atoms with E-state index in [2.05, 4.69) is 28.2 Å². The lowest BCUT2D eigenvalue weighted by molar-refractivity contribution is -0.385. The smallest absolute Gasteiger partial charge is 0.328 e. The van der Waals surface area contributed by atoms with Gasteiger partial charge in [-0.2, -0.15) is 0 Å². The number of hydrogen-bond donors (Lipinski definition) is 7. The van der Waals surface area contributed by atoms with Crippen molar-refractivity contribution in [3.8, 4) is 23.0 Å². The van der Waals surface area contributed by atoms with E-state index in [0.717, 1.165) is 44.6 Å². The first-order valence-electron chi connectivity index (χ1n) is 21.7. The lowest BCUT2D eigenvalue weighted by Crippen LogP contribution is -2.58. The fraction of sp³-hybridized carbons (Fsp3) is 0.500. The summed E-state index contributed by atoms with van der Waals surface area (Å²) in [5, 5.41) is 45.0. The standard InChI is InChI=1S/C46H62N6O11/c1-5-6-7-8-9-10-11-12-16-19-39(54)50-41(46(58)59)40-31-26-36(53)42(62-4)38(27-31)63-37-21-20-30(25-35(37)52(60)61)24-34(48-43(55)32(47)22-28(2)3)44(56)49-33(45(57)51-40)23-29-17-14-13-15-18-29/h13-15,17-18,20-21,25-28,32-34,40-41,53H,5-12,16,19,22-24,47H2,1-4H3,(H,48,55)(H,49,56)(H,50,54)(H,51,57)(H,58,59)/t32-,33-,34+,40-,41+/m1/s1. The van der Waals surface area contributed by atoms with Gasteiger partial charge < -0.3 is 46.7 Å². The number of carbonyl (C=O) groups is 5. The molecule has 0 saturated heterocycles. The van der Waals surface area contributed by atoms with Crippen LogP contribution in [0.3, 0.4) is 0 Å². The van der Waals surface area contributed by atoms with Crippen molar-refractivity contribution < 1.29 is 48.6 Å². The van der Waals surface area contributed by atoms with Gasteiger partial charge in [-0.05, 0) is 53.6 Å². The van der Waals surface area contributed by atoms with Crippen LogP contribution < -0.4 is 36.5 Å². The summed E-state index contributed by atoms with van der Waals surface area (Å²) in [5.41, 5.74) is 6.40. The molecule has 0 aliphatic carbocycles. The fourth-order valence-electron chi connectivity index (χ4n) is 7.52. The van der Waals surface area contributed by atoms with E-state index in [1.165, 1.54) is 44.2 Å². The number of aliphatic carboxylic acids is 1. The highest BCUT2D eigenvalue weighted by Crippen LogP contribution is 2.44. The number of phenols is 1. The van der Waals surface area contributed by atoms with Crippen molar-refractivity contribution >= 4 is 35.3 Å². The number of hydrogen-bond acceptors (Lipinski definition) is 11. The fourth-order valence-corrected chi connectivity index (χ4v) is 7.52. The van der Waals surface area contributed by atoms with Gasteiger partial charge in [-0.15, -0.1) is 0 Å². The number of unbranched alkanes of at least 4 members (excludes halogenated alkanes) is 8. The van der Waals surface area contributed by atoms with Crippen molar-refractivity contribution in [1.29, 1.82) is 0 Å². The molecule has 0 aromatic heterocycles. The van der Waals surface area contributed by atoms with Crippen LogP contribution in [0.1, 0.15) is 114 Å². The number of fused-ring (bicyclic) bond motifs is 9. The van der Waals surface area contributed by atoms with Crippen LogP contribution in [-0.2, 0) is 36.8 Å². The van der Waals surface area contributed by atoms with Crippen LogP contribution in [0.5, 0.6) is 23.0 Å². The summed E-state index contributed by atoms with van der Waals surface area (Å²) in [5.74, 6) is -5.91. The first kappa shape index (κ1) is 49.4. The number of nitrogens with two attached hydrogens (primary N) is 1. The predicted octanol–water partition coefficient (Wildman–Crippen LogP) is 5.89. The predicted molar refractivity (Wildman–Crippen MR) is 235 cm³/mol. The van der Waals surface area contributed by atoms with Gasteiger partial charge in [-0.25, -0.2) is 4.79 Å². The van der Waals surface area contributed by atoms with E-state index >= 15 is 0 Å². The van der Waals surface area contributed by atoms with Crippen molar-refractivity contribution in [2.75, 3.05) is 7.11 Å². The third-order valence-corrected chi connectivity index (χ3v) is 10.8. The van der Waals surface area contributed by atoms with Crippen molar-refractivity contribution in [1.82, 2.24) is 21.3 Å². The van der Waals surface area contributed by atoms with Crippen molar-refractivity contribution in [3.05, 3.63) is 87.5 Å². The van der Waals surface area contributed by atoms with Gasteiger partial charge in [0.1, 0.15) is 12.1 Å². The summed E-state index contributed by atoms with van der Waals surface area (Å²) in [7, 11) is 1.22. The molecule has 3 aromatic carbocycles. The Morgan fingerprint density at radius 1 is 0.937 bits per heavy atom. The number of carboxylic acids is 1. The number of carbonyl (C=O) groups excluding carboxylic acids is 4. The van der Waals surface area contributed by atoms with E-state index in [9.17, 15) is 44.3 Å². The number of ether oxygens (including phenoxy) is 2. The van der Waals surface area contributed by atoms with Crippen LogP contribution in [0.4, 0.5) is 5.69 Å². The summed E-state index contributed by atoms with van der Waals surface area (Å²) in [6.07, 6.45) is 8.89. The van der Waals surface area contributed by atoms with E-state index in [1.54, 1.807) is 30.3 Å². The molecule has 8 N–H and O–H groups in total. The summed E-state index contributed by atoms with van der Waals surface area (Å²) in [6, 6.07) is 7.64. The number of methoxy groups -OCH3 is 1. The quantitative estimate of drug-likeness (QED) is 0.0376. The largest absolute Gasteiger partial charge is 0.504 e. The number of nitrogens with zero attached hydrogens (tertiary/aromatic N) is 1. The van der Waals surface area contributed by atoms with Gasteiger partial charge in [0.2, 0.25) is 35.1 Å². The first-order chi connectivity index (χ1) is 30.1. The van der Waals surface area contributed by atoms with Crippen LogP contribution >= 0.6 is 0 Å². The monoisotopic (exact) mass is 874 g/mol. The molecule has 0 saturated carbocycles. The first-order valence-corrected chi connectivity index (χ1v) is 21.7. The molecule has 17 heteroatoms. The molecule has 17 nitrogen and oxygen atoms in total. The average molecular weight is 875 g/mol. The second kappa shape index (κ2) is 24.4. The molecule has 4 amide bonds. The molecule has 4 bridgehead atoms. The zero-order valence-electron chi connectivity index (χ0n) is 36.5. The Morgan fingerprint density at radius 3 is 2.22 bits per heavy atom. The number of nitro benzene ring substituents is 1. The summed E-state index contributed by atoms with van der Waals surface area (Å²) in [4.78, 5) is 80.6. The van der Waals surface area contributed by atoms with Gasteiger partial charge in [-0.1, -0.05) is 109 Å². The minimum Gasteiger partial charge on any atom is -0.504 e. The Morgan fingerprint density at radius 2 is 1.60 bits per heavy atom.